The Kier molecular flexibility index (Phi) is 7.75. The fourth-order valence-electron chi connectivity index (χ4n) is 5.90. The van der Waals surface area contributed by atoms with Gasteiger partial charge in [-0.15, -0.1) is 0 Å². The topological polar surface area (TPSA) is 81.4 Å². The van der Waals surface area contributed by atoms with Crippen LogP contribution in [0.1, 0.15) is 0 Å². The van der Waals surface area contributed by atoms with Crippen LogP contribution in [0.25, 0.3) is 27.8 Å². The van der Waals surface area contributed by atoms with Crippen molar-refractivity contribution in [1.82, 2.24) is 24.5 Å². The van der Waals surface area contributed by atoms with Gasteiger partial charge in [-0.1, -0.05) is 36.4 Å². The second-order valence-corrected chi connectivity index (χ2v) is 11.4. The highest BCUT2D eigenvalue weighted by Gasteiger charge is 2.18. The maximum Gasteiger partial charge on any atom is 0.234 e. The van der Waals surface area contributed by atoms with Crippen LogP contribution in [0.2, 0.25) is 0 Å². The average Bonchev–Trinajstić information content (AvgIpc) is 3.48. The predicted octanol–water partition coefficient (Wildman–Crippen LogP) is 9.48. The number of benzene rings is 4. The lowest BCUT2D eigenvalue weighted by Gasteiger charge is -2.21. The molecular formula is C40H31N7O2. The van der Waals surface area contributed by atoms with Gasteiger partial charge in [-0.25, -0.2) is 19.9 Å². The molecular weight excluding hydrogens is 610 g/mol. The summed E-state index contributed by atoms with van der Waals surface area (Å²) in [5, 5.41) is 2.21. The fraction of sp³-hybridized carbons (Fsp3) is 0.0500. The van der Waals surface area contributed by atoms with Crippen molar-refractivity contribution in [3.63, 3.8) is 0 Å². The van der Waals surface area contributed by atoms with Gasteiger partial charge >= 0.3 is 0 Å². The van der Waals surface area contributed by atoms with Crippen molar-refractivity contribution in [2.24, 2.45) is 0 Å². The standard InChI is InChI=1S/C40H31N7O2/c1-45(28-10-7-12-32(24-28)48-38-14-3-5-20-41-38)30-16-18-34-35-19-17-31(27-37(35)47(36(34)26-30)40-43-22-9-23-44-40)46(2)29-11-8-13-33(25-29)49-39-15-4-6-21-42-39/h3-27H,1-2H3. The van der Waals surface area contributed by atoms with Gasteiger partial charge < -0.3 is 19.3 Å². The van der Waals surface area contributed by atoms with Crippen LogP contribution in [0.4, 0.5) is 22.7 Å². The first kappa shape index (κ1) is 29.6. The molecule has 49 heavy (non-hydrogen) atoms. The van der Waals surface area contributed by atoms with Crippen LogP contribution in [0.3, 0.4) is 0 Å². The summed E-state index contributed by atoms with van der Waals surface area (Å²) in [4.78, 5) is 22.2. The van der Waals surface area contributed by atoms with Gasteiger partial charge in [0.25, 0.3) is 0 Å². The van der Waals surface area contributed by atoms with Crippen LogP contribution in [0.15, 0.2) is 152 Å². The quantitative estimate of drug-likeness (QED) is 0.154. The van der Waals surface area contributed by atoms with E-state index < -0.39 is 0 Å². The molecule has 4 heterocycles. The van der Waals surface area contributed by atoms with Crippen LogP contribution >= 0.6 is 0 Å². The summed E-state index contributed by atoms with van der Waals surface area (Å²) in [6.07, 6.45) is 6.97. The molecule has 4 aromatic heterocycles. The predicted molar refractivity (Wildman–Crippen MR) is 194 cm³/mol. The van der Waals surface area contributed by atoms with Gasteiger partial charge in [0.15, 0.2) is 0 Å². The Bertz CT molecular complexity index is 2230. The molecule has 0 atom stereocenters. The highest BCUT2D eigenvalue weighted by atomic mass is 16.5. The number of fused-ring (bicyclic) bond motifs is 3. The molecule has 0 saturated carbocycles. The number of nitrogens with zero attached hydrogens (tertiary/aromatic N) is 7. The molecule has 9 nitrogen and oxygen atoms in total. The second kappa shape index (κ2) is 12.8. The van der Waals surface area contributed by atoms with Gasteiger partial charge in [0.1, 0.15) is 11.5 Å². The van der Waals surface area contributed by atoms with Gasteiger partial charge in [-0.3, -0.25) is 4.57 Å². The van der Waals surface area contributed by atoms with Crippen molar-refractivity contribution >= 4 is 44.6 Å². The van der Waals surface area contributed by atoms with Gasteiger partial charge in [0.05, 0.1) is 11.0 Å². The Labute approximate surface area is 283 Å². The molecule has 8 aromatic rings. The van der Waals surface area contributed by atoms with Crippen LogP contribution in [0, 0.1) is 0 Å². The SMILES string of the molecule is CN(c1cccc(Oc2ccccn2)c1)c1ccc2c3ccc(N(C)c4cccc(Oc5ccccn5)c4)cc3n(-c3ncccn3)c2c1. The van der Waals surface area contributed by atoms with E-state index in [9.17, 15) is 0 Å². The highest BCUT2D eigenvalue weighted by molar-refractivity contribution is 6.10. The van der Waals surface area contributed by atoms with Crippen LogP contribution in [0.5, 0.6) is 23.3 Å². The third kappa shape index (κ3) is 5.96. The number of aromatic nitrogens is 5. The van der Waals surface area contributed by atoms with E-state index in [1.165, 1.54) is 0 Å². The van der Waals surface area contributed by atoms with E-state index in [1.807, 2.05) is 93.0 Å². The summed E-state index contributed by atoms with van der Waals surface area (Å²) in [7, 11) is 4.09. The molecule has 0 saturated heterocycles. The van der Waals surface area contributed by atoms with Gasteiger partial charge in [-0.05, 0) is 66.7 Å². The Balaban J connectivity index is 1.17. The minimum atomic E-state index is 0.548. The molecule has 238 valence electrons. The molecule has 0 aliphatic carbocycles. The number of rotatable bonds is 9. The van der Waals surface area contributed by atoms with Crippen LogP contribution < -0.4 is 19.3 Å². The summed E-state index contributed by atoms with van der Waals surface area (Å²) < 4.78 is 14.2. The normalized spacial score (nSPS) is 11.1. The van der Waals surface area contributed by atoms with E-state index in [4.69, 9.17) is 9.47 Å². The van der Waals surface area contributed by atoms with Crippen LogP contribution in [-0.2, 0) is 0 Å². The molecule has 8 rings (SSSR count). The molecule has 4 aromatic carbocycles. The molecule has 0 N–H and O–H groups in total. The van der Waals surface area contributed by atoms with E-state index in [0.29, 0.717) is 29.2 Å². The van der Waals surface area contributed by atoms with E-state index in [-0.39, 0.29) is 0 Å². The third-order valence-corrected chi connectivity index (χ3v) is 8.39. The van der Waals surface area contributed by atoms with Crippen LogP contribution in [-0.4, -0.2) is 38.6 Å². The zero-order valence-electron chi connectivity index (χ0n) is 26.9. The Hall–Kier alpha value is -6.74. The summed E-state index contributed by atoms with van der Waals surface area (Å²) in [6, 6.07) is 42.0. The molecule has 0 aliphatic rings. The first-order valence-corrected chi connectivity index (χ1v) is 15.8. The smallest absolute Gasteiger partial charge is 0.234 e. The number of hydrogen-bond donors (Lipinski definition) is 0. The van der Waals surface area contributed by atoms with E-state index in [1.54, 1.807) is 24.8 Å². The molecule has 0 unspecified atom stereocenters. The third-order valence-electron chi connectivity index (χ3n) is 8.39. The highest BCUT2D eigenvalue weighted by Crippen LogP contribution is 2.38. The lowest BCUT2D eigenvalue weighted by Crippen LogP contribution is -2.10. The van der Waals surface area contributed by atoms with E-state index in [0.717, 1.165) is 44.6 Å². The first-order valence-electron chi connectivity index (χ1n) is 15.8. The summed E-state index contributed by atoms with van der Waals surface area (Å²) in [6.45, 7) is 0. The number of anilines is 4. The van der Waals surface area contributed by atoms with Crippen molar-refractivity contribution in [3.05, 3.63) is 152 Å². The van der Waals surface area contributed by atoms with E-state index >= 15 is 0 Å². The van der Waals surface area contributed by atoms with Crippen molar-refractivity contribution < 1.29 is 9.47 Å². The minimum Gasteiger partial charge on any atom is -0.439 e. The zero-order valence-corrected chi connectivity index (χ0v) is 26.9. The molecule has 0 radical (unpaired) electrons. The summed E-state index contributed by atoms with van der Waals surface area (Å²) >= 11 is 0. The van der Waals surface area contributed by atoms with Gasteiger partial charge in [0.2, 0.25) is 17.7 Å². The zero-order chi connectivity index (χ0) is 33.2. The molecule has 0 bridgehead atoms. The molecule has 0 spiro atoms. The molecule has 0 amide bonds. The second-order valence-electron chi connectivity index (χ2n) is 11.4. The maximum atomic E-state index is 6.02. The molecule has 0 aliphatic heterocycles. The minimum absolute atomic E-state index is 0.548. The lowest BCUT2D eigenvalue weighted by atomic mass is 10.1. The van der Waals surface area contributed by atoms with Crippen molar-refractivity contribution in [2.45, 2.75) is 0 Å². The Morgan fingerprint density at radius 2 is 0.918 bits per heavy atom. The number of ether oxygens (including phenoxy) is 2. The molecule has 0 fully saturated rings. The van der Waals surface area contributed by atoms with E-state index in [2.05, 4.69) is 82.8 Å². The van der Waals surface area contributed by atoms with Crippen molar-refractivity contribution in [2.75, 3.05) is 23.9 Å². The lowest BCUT2D eigenvalue weighted by molar-refractivity contribution is 0.463. The summed E-state index contributed by atoms with van der Waals surface area (Å²) in [5.74, 6) is 3.11. The maximum absolute atomic E-state index is 6.02. The first-order chi connectivity index (χ1) is 24.1. The Morgan fingerprint density at radius 1 is 0.449 bits per heavy atom. The number of hydrogen-bond acceptors (Lipinski definition) is 8. The number of pyridine rings is 2. The van der Waals surface area contributed by atoms with Gasteiger partial charge in [0, 0.05) is 96.7 Å². The monoisotopic (exact) mass is 641 g/mol. The fourth-order valence-corrected chi connectivity index (χ4v) is 5.90. The van der Waals surface area contributed by atoms with Gasteiger partial charge in [-0.2, -0.15) is 0 Å². The van der Waals surface area contributed by atoms with Crippen molar-refractivity contribution in [1.29, 1.82) is 0 Å². The molecule has 9 heteroatoms. The Morgan fingerprint density at radius 3 is 1.39 bits per heavy atom. The largest absolute Gasteiger partial charge is 0.439 e. The summed E-state index contributed by atoms with van der Waals surface area (Å²) in [5.41, 5.74) is 5.96. The average molecular weight is 642 g/mol. The van der Waals surface area contributed by atoms with Crippen molar-refractivity contribution in [3.8, 4) is 29.2 Å².